The van der Waals surface area contributed by atoms with Gasteiger partial charge in [-0.05, 0) is 25.6 Å². The topological polar surface area (TPSA) is 66.6 Å². The molecular weight excluding hydrogens is 281 g/mol. The predicted molar refractivity (Wildman–Crippen MR) is 76.4 cm³/mol. The molecule has 1 aliphatic rings. The SMILES string of the molecule is CCN1CCN(S(=O)(=O)c2cc(N)c(C)c(F)c2)CC1. The van der Waals surface area contributed by atoms with Gasteiger partial charge in [0.25, 0.3) is 0 Å². The summed E-state index contributed by atoms with van der Waals surface area (Å²) in [5.41, 5.74) is 6.10. The van der Waals surface area contributed by atoms with Gasteiger partial charge in [0.2, 0.25) is 10.0 Å². The Morgan fingerprint density at radius 2 is 1.85 bits per heavy atom. The molecule has 112 valence electrons. The monoisotopic (exact) mass is 301 g/mol. The average Bonchev–Trinajstić information content (AvgIpc) is 2.44. The van der Waals surface area contributed by atoms with Gasteiger partial charge in [0.15, 0.2) is 0 Å². The highest BCUT2D eigenvalue weighted by atomic mass is 32.2. The summed E-state index contributed by atoms with van der Waals surface area (Å²) in [5, 5.41) is 0. The minimum atomic E-state index is -3.67. The molecule has 7 heteroatoms. The van der Waals surface area contributed by atoms with Crippen LogP contribution in [0.25, 0.3) is 0 Å². The highest BCUT2D eigenvalue weighted by molar-refractivity contribution is 7.89. The molecule has 0 aromatic heterocycles. The second kappa shape index (κ2) is 5.67. The van der Waals surface area contributed by atoms with Crippen LogP contribution in [0.4, 0.5) is 10.1 Å². The Morgan fingerprint density at radius 3 is 2.35 bits per heavy atom. The molecule has 5 nitrogen and oxygen atoms in total. The first kappa shape index (κ1) is 15.2. The predicted octanol–water partition coefficient (Wildman–Crippen LogP) is 1.04. The van der Waals surface area contributed by atoms with E-state index in [9.17, 15) is 12.8 Å². The molecule has 1 fully saturated rings. The van der Waals surface area contributed by atoms with Gasteiger partial charge in [0, 0.05) is 37.4 Å². The first-order valence-corrected chi connectivity index (χ1v) is 8.08. The van der Waals surface area contributed by atoms with Crippen LogP contribution in [-0.2, 0) is 10.0 Å². The van der Waals surface area contributed by atoms with E-state index in [2.05, 4.69) is 4.90 Å². The van der Waals surface area contributed by atoms with Crippen molar-refractivity contribution < 1.29 is 12.8 Å². The Morgan fingerprint density at radius 1 is 1.25 bits per heavy atom. The molecule has 0 radical (unpaired) electrons. The molecule has 0 atom stereocenters. The van der Waals surface area contributed by atoms with Crippen LogP contribution in [0.3, 0.4) is 0 Å². The maximum absolute atomic E-state index is 13.7. The molecule has 0 amide bonds. The Labute approximate surface area is 119 Å². The van der Waals surface area contributed by atoms with Gasteiger partial charge in [-0.3, -0.25) is 0 Å². The molecule has 1 aromatic rings. The number of rotatable bonds is 3. The van der Waals surface area contributed by atoms with E-state index in [0.717, 1.165) is 12.6 Å². The number of nitrogen functional groups attached to an aromatic ring is 1. The molecule has 0 bridgehead atoms. The average molecular weight is 301 g/mol. The zero-order valence-electron chi connectivity index (χ0n) is 11.8. The van der Waals surface area contributed by atoms with Crippen LogP contribution in [0.1, 0.15) is 12.5 Å². The van der Waals surface area contributed by atoms with E-state index >= 15 is 0 Å². The molecule has 1 aromatic carbocycles. The van der Waals surface area contributed by atoms with E-state index in [1.54, 1.807) is 0 Å². The maximum atomic E-state index is 13.7. The van der Waals surface area contributed by atoms with Crippen molar-refractivity contribution >= 4 is 15.7 Å². The van der Waals surface area contributed by atoms with Gasteiger partial charge in [-0.1, -0.05) is 6.92 Å². The van der Waals surface area contributed by atoms with E-state index in [-0.39, 0.29) is 16.1 Å². The van der Waals surface area contributed by atoms with Crippen LogP contribution in [0.15, 0.2) is 17.0 Å². The lowest BCUT2D eigenvalue weighted by Crippen LogP contribution is -2.48. The minimum Gasteiger partial charge on any atom is -0.398 e. The molecule has 0 spiro atoms. The molecule has 0 unspecified atom stereocenters. The van der Waals surface area contributed by atoms with E-state index in [0.29, 0.717) is 26.2 Å². The van der Waals surface area contributed by atoms with Crippen LogP contribution in [0, 0.1) is 12.7 Å². The summed E-state index contributed by atoms with van der Waals surface area (Å²) in [6.45, 7) is 6.71. The number of sulfonamides is 1. The number of piperazine rings is 1. The van der Waals surface area contributed by atoms with Crippen molar-refractivity contribution in [2.75, 3.05) is 38.5 Å². The fourth-order valence-corrected chi connectivity index (χ4v) is 3.73. The van der Waals surface area contributed by atoms with E-state index in [1.165, 1.54) is 17.3 Å². The minimum absolute atomic E-state index is 0.0666. The highest BCUT2D eigenvalue weighted by Gasteiger charge is 2.28. The fourth-order valence-electron chi connectivity index (χ4n) is 2.26. The first-order valence-electron chi connectivity index (χ1n) is 6.64. The van der Waals surface area contributed by atoms with Gasteiger partial charge < -0.3 is 10.6 Å². The van der Waals surface area contributed by atoms with Crippen LogP contribution in [0.2, 0.25) is 0 Å². The lowest BCUT2D eigenvalue weighted by atomic mass is 10.2. The van der Waals surface area contributed by atoms with E-state index in [1.807, 2.05) is 6.92 Å². The summed E-state index contributed by atoms with van der Waals surface area (Å²) < 4.78 is 40.0. The summed E-state index contributed by atoms with van der Waals surface area (Å²) >= 11 is 0. The third-order valence-corrected chi connectivity index (χ3v) is 5.65. The van der Waals surface area contributed by atoms with Crippen molar-refractivity contribution in [1.82, 2.24) is 9.21 Å². The van der Waals surface area contributed by atoms with Gasteiger partial charge in [-0.15, -0.1) is 0 Å². The number of hydrogen-bond donors (Lipinski definition) is 1. The number of benzene rings is 1. The van der Waals surface area contributed by atoms with Crippen LogP contribution < -0.4 is 5.73 Å². The normalized spacial score (nSPS) is 18.4. The summed E-state index contributed by atoms with van der Waals surface area (Å²) in [5.74, 6) is -0.587. The fraction of sp³-hybridized carbons (Fsp3) is 0.538. The third kappa shape index (κ3) is 2.79. The summed E-state index contributed by atoms with van der Waals surface area (Å²) in [6.07, 6.45) is 0. The van der Waals surface area contributed by atoms with E-state index < -0.39 is 15.8 Å². The number of hydrogen-bond acceptors (Lipinski definition) is 4. The lowest BCUT2D eigenvalue weighted by Gasteiger charge is -2.33. The van der Waals surface area contributed by atoms with Crippen molar-refractivity contribution in [1.29, 1.82) is 0 Å². The smallest absolute Gasteiger partial charge is 0.243 e. The molecule has 20 heavy (non-hydrogen) atoms. The largest absolute Gasteiger partial charge is 0.398 e. The summed E-state index contributed by atoms with van der Waals surface area (Å²) in [4.78, 5) is 2.11. The van der Waals surface area contributed by atoms with Crippen molar-refractivity contribution in [3.8, 4) is 0 Å². The second-order valence-corrected chi connectivity index (χ2v) is 6.90. The first-order chi connectivity index (χ1) is 9.36. The van der Waals surface area contributed by atoms with Crippen LogP contribution >= 0.6 is 0 Å². The molecule has 2 rings (SSSR count). The molecule has 1 heterocycles. The number of nitrogens with zero attached hydrogens (tertiary/aromatic N) is 2. The van der Waals surface area contributed by atoms with E-state index in [4.69, 9.17) is 5.73 Å². The van der Waals surface area contributed by atoms with Crippen LogP contribution in [-0.4, -0.2) is 50.3 Å². The number of likely N-dealkylation sites (N-methyl/N-ethyl adjacent to an activating group) is 1. The zero-order valence-corrected chi connectivity index (χ0v) is 12.6. The molecule has 0 aliphatic carbocycles. The van der Waals surface area contributed by atoms with Crippen molar-refractivity contribution in [2.24, 2.45) is 0 Å². The number of nitrogens with two attached hydrogens (primary N) is 1. The van der Waals surface area contributed by atoms with Crippen LogP contribution in [0.5, 0.6) is 0 Å². The van der Waals surface area contributed by atoms with Crippen molar-refractivity contribution in [3.63, 3.8) is 0 Å². The molecule has 2 N–H and O–H groups in total. The molecule has 1 saturated heterocycles. The Kier molecular flexibility index (Phi) is 4.31. The Balaban J connectivity index is 2.27. The maximum Gasteiger partial charge on any atom is 0.243 e. The quantitative estimate of drug-likeness (QED) is 0.847. The molecule has 1 aliphatic heterocycles. The van der Waals surface area contributed by atoms with Gasteiger partial charge in [0.1, 0.15) is 5.82 Å². The van der Waals surface area contributed by atoms with Gasteiger partial charge in [0.05, 0.1) is 4.90 Å². The van der Waals surface area contributed by atoms with Gasteiger partial charge >= 0.3 is 0 Å². The summed E-state index contributed by atoms with van der Waals surface area (Å²) in [6, 6.07) is 2.38. The molecular formula is C13H20FN3O2S. The third-order valence-electron chi connectivity index (χ3n) is 3.77. The van der Waals surface area contributed by atoms with Gasteiger partial charge in [-0.25, -0.2) is 12.8 Å². The van der Waals surface area contributed by atoms with Crippen molar-refractivity contribution in [3.05, 3.63) is 23.5 Å². The zero-order chi connectivity index (χ0) is 14.9. The number of halogens is 1. The number of anilines is 1. The van der Waals surface area contributed by atoms with Gasteiger partial charge in [-0.2, -0.15) is 4.31 Å². The second-order valence-electron chi connectivity index (χ2n) is 4.96. The Hall–Kier alpha value is -1.18. The van der Waals surface area contributed by atoms with Crippen molar-refractivity contribution in [2.45, 2.75) is 18.7 Å². The lowest BCUT2D eigenvalue weighted by molar-refractivity contribution is 0.196. The molecule has 0 saturated carbocycles. The summed E-state index contributed by atoms with van der Waals surface area (Å²) in [7, 11) is -3.67. The highest BCUT2D eigenvalue weighted by Crippen LogP contribution is 2.24. The Bertz CT molecular complexity index is 573. The standard InChI is InChI=1S/C13H20FN3O2S/c1-3-16-4-6-17(7-5-16)20(18,19)11-8-12(14)10(2)13(15)9-11/h8-9H,3-7,15H2,1-2H3.